The third kappa shape index (κ3) is 11.6. The number of nitrogen functional groups attached to an aromatic ring is 1. The zero-order valence-corrected chi connectivity index (χ0v) is 40.6. The first-order valence-corrected chi connectivity index (χ1v) is 24.0. The fourth-order valence-corrected chi connectivity index (χ4v) is 8.28. The Hall–Kier alpha value is -10.4. The smallest absolute Gasteiger partial charge is 0.255 e. The lowest BCUT2D eigenvalue weighted by Crippen LogP contribution is -2.11. The van der Waals surface area contributed by atoms with Crippen LogP contribution in [-0.4, -0.2) is 32.0 Å². The number of anilines is 3. The maximum atomic E-state index is 12.5. The molecule has 0 aliphatic heterocycles. The van der Waals surface area contributed by atoms with E-state index in [9.17, 15) is 14.9 Å². The van der Waals surface area contributed by atoms with Crippen molar-refractivity contribution >= 4 is 51.5 Å². The van der Waals surface area contributed by atoms with Crippen LogP contribution in [0.5, 0.6) is 23.0 Å². The molecule has 0 saturated carbocycles. The van der Waals surface area contributed by atoms with Gasteiger partial charge in [-0.25, -0.2) is 9.97 Å². The molecular formula is C62H43ClN8O4. The van der Waals surface area contributed by atoms with Crippen LogP contribution in [0.1, 0.15) is 26.3 Å². The number of amides is 2. The van der Waals surface area contributed by atoms with Crippen LogP contribution in [-0.2, 0) is 0 Å². The summed E-state index contributed by atoms with van der Waals surface area (Å²) in [5.41, 5.74) is 15.7. The van der Waals surface area contributed by atoms with E-state index in [1.807, 2.05) is 188 Å². The number of nitriles is 1. The Balaban J connectivity index is 0.000000171. The molecule has 362 valence electrons. The Morgan fingerprint density at radius 1 is 0.493 bits per heavy atom. The monoisotopic (exact) mass is 998 g/mol. The number of carbonyl (C=O) groups excluding carboxylic acids is 2. The molecule has 3 heterocycles. The van der Waals surface area contributed by atoms with Gasteiger partial charge in [0.05, 0.1) is 44.3 Å². The van der Waals surface area contributed by atoms with E-state index < -0.39 is 0 Å². The van der Waals surface area contributed by atoms with E-state index in [0.717, 1.165) is 61.8 Å². The van der Waals surface area contributed by atoms with E-state index >= 15 is 0 Å². The van der Waals surface area contributed by atoms with Crippen LogP contribution in [0.2, 0.25) is 5.02 Å². The van der Waals surface area contributed by atoms with E-state index in [1.54, 1.807) is 42.5 Å². The summed E-state index contributed by atoms with van der Waals surface area (Å²) in [5.74, 6) is 2.94. The number of nitrogens with zero attached hydrogens (tertiary/aromatic N) is 4. The molecule has 0 atom stereocenters. The van der Waals surface area contributed by atoms with Crippen molar-refractivity contribution in [2.24, 2.45) is 0 Å². The van der Waals surface area contributed by atoms with Crippen molar-refractivity contribution < 1.29 is 19.1 Å². The van der Waals surface area contributed by atoms with Crippen molar-refractivity contribution in [2.45, 2.75) is 0 Å². The number of pyridine rings is 2. The first-order valence-electron chi connectivity index (χ1n) is 23.6. The highest BCUT2D eigenvalue weighted by atomic mass is 35.5. The summed E-state index contributed by atoms with van der Waals surface area (Å²) in [5, 5.41) is 23.9. The lowest BCUT2D eigenvalue weighted by atomic mass is 10.0. The molecule has 0 aliphatic carbocycles. The number of fused-ring (bicyclic) bond motifs is 1. The molecule has 0 fully saturated rings. The van der Waals surface area contributed by atoms with Gasteiger partial charge in [0.2, 0.25) is 0 Å². The lowest BCUT2D eigenvalue weighted by molar-refractivity contribution is 0.101. The van der Waals surface area contributed by atoms with Crippen molar-refractivity contribution in [3.05, 3.63) is 252 Å². The number of rotatable bonds is 12. The van der Waals surface area contributed by atoms with Crippen LogP contribution in [0.25, 0.3) is 55.9 Å². The summed E-state index contributed by atoms with van der Waals surface area (Å²) in [4.78, 5) is 34.6. The second-order valence-electron chi connectivity index (χ2n) is 16.9. The normalized spacial score (nSPS) is 10.6. The molecule has 2 amide bonds. The Morgan fingerprint density at radius 3 is 1.33 bits per heavy atom. The first kappa shape index (κ1) is 48.3. The van der Waals surface area contributed by atoms with Crippen molar-refractivity contribution in [1.29, 1.82) is 5.26 Å². The maximum absolute atomic E-state index is 12.5. The number of aromatic amines is 1. The van der Waals surface area contributed by atoms with Gasteiger partial charge in [0.1, 0.15) is 29.1 Å². The summed E-state index contributed by atoms with van der Waals surface area (Å²) >= 11 is 6.50. The highest BCUT2D eigenvalue weighted by molar-refractivity contribution is 6.32. The van der Waals surface area contributed by atoms with E-state index in [4.69, 9.17) is 36.8 Å². The van der Waals surface area contributed by atoms with Gasteiger partial charge < -0.3 is 25.8 Å². The second kappa shape index (κ2) is 22.4. The molecule has 0 saturated heterocycles. The first-order chi connectivity index (χ1) is 36.7. The summed E-state index contributed by atoms with van der Waals surface area (Å²) in [6.45, 7) is 0. The van der Waals surface area contributed by atoms with Crippen molar-refractivity contribution in [2.75, 3.05) is 16.4 Å². The molecule has 0 bridgehead atoms. The molecule has 0 spiro atoms. The van der Waals surface area contributed by atoms with Crippen LogP contribution < -0.4 is 25.8 Å². The molecule has 0 radical (unpaired) electrons. The number of ether oxygens (including phenoxy) is 2. The van der Waals surface area contributed by atoms with Crippen molar-refractivity contribution in [3.8, 4) is 74.1 Å². The minimum Gasteiger partial charge on any atom is -0.457 e. The number of benzene rings is 8. The van der Waals surface area contributed by atoms with Gasteiger partial charge in [-0.15, -0.1) is 0 Å². The SMILES string of the molecule is N#Cc1c(Cl)cc(-c2ccc(NC(=O)c3ccccc3)cc2)nc1-c1ccc(Oc2ccccc2)cc1.Nc1n[nH]c2cc(-c3ccc(NC(=O)c4ccccc4)cc3)nc(-c3ccc(Oc4ccccc4)cc3)c12. The number of hydrogen-bond acceptors (Lipinski definition) is 9. The highest BCUT2D eigenvalue weighted by Gasteiger charge is 2.18. The molecule has 11 aromatic rings. The number of halogens is 1. The van der Waals surface area contributed by atoms with Crippen LogP contribution >= 0.6 is 11.6 Å². The zero-order valence-electron chi connectivity index (χ0n) is 39.8. The average molecular weight is 1000 g/mol. The summed E-state index contributed by atoms with van der Waals surface area (Å²) < 4.78 is 11.8. The van der Waals surface area contributed by atoms with Crippen molar-refractivity contribution in [1.82, 2.24) is 20.2 Å². The van der Waals surface area contributed by atoms with Gasteiger partial charge in [-0.05, 0) is 133 Å². The van der Waals surface area contributed by atoms with Gasteiger partial charge in [-0.3, -0.25) is 14.7 Å². The molecular weight excluding hydrogens is 956 g/mol. The topological polar surface area (TPSA) is 181 Å². The molecule has 8 aromatic carbocycles. The fourth-order valence-electron chi connectivity index (χ4n) is 8.05. The molecule has 3 aromatic heterocycles. The molecule has 12 nitrogen and oxygen atoms in total. The quantitative estimate of drug-likeness (QED) is 0.0926. The third-order valence-electron chi connectivity index (χ3n) is 11.8. The molecule has 11 rings (SSSR count). The second-order valence-corrected chi connectivity index (χ2v) is 17.3. The molecule has 5 N–H and O–H groups in total. The number of nitrogens with one attached hydrogen (secondary N) is 3. The standard InChI is InChI=1S/C31H20ClN3O2.C31H23N5O2/c32-28-19-29(21-11-15-24(16-12-21)34-31(36)23-7-3-1-4-8-23)35-30(27(28)20-33)22-13-17-26(18-14-22)37-25-9-5-2-6-10-25;32-30-28-27(35-36-30)19-26(20-11-15-23(16-12-20)33-31(37)22-7-3-1-4-8-22)34-29(28)21-13-17-25(18-14-21)38-24-9-5-2-6-10-24/h1-19H,(H,34,36);1-19H,(H,33,37)(H3,32,35,36). The maximum Gasteiger partial charge on any atom is 0.255 e. The van der Waals surface area contributed by atoms with Crippen LogP contribution in [0.3, 0.4) is 0 Å². The van der Waals surface area contributed by atoms with Crippen molar-refractivity contribution in [3.63, 3.8) is 0 Å². The Bertz CT molecular complexity index is 3800. The minimum atomic E-state index is -0.185. The number of para-hydroxylation sites is 2. The number of aromatic nitrogens is 4. The Kier molecular flexibility index (Phi) is 14.4. The van der Waals surface area contributed by atoms with Gasteiger partial charge in [-0.1, -0.05) is 109 Å². The van der Waals surface area contributed by atoms with Gasteiger partial charge in [-0.2, -0.15) is 10.4 Å². The molecule has 0 unspecified atom stereocenters. The van der Waals surface area contributed by atoms with Gasteiger partial charge in [0.25, 0.3) is 11.8 Å². The molecule has 13 heteroatoms. The van der Waals surface area contributed by atoms with Gasteiger partial charge in [0, 0.05) is 44.8 Å². The highest BCUT2D eigenvalue weighted by Crippen LogP contribution is 2.36. The van der Waals surface area contributed by atoms with Crippen LogP contribution in [0.15, 0.2) is 231 Å². The third-order valence-corrected chi connectivity index (χ3v) is 12.1. The Labute approximate surface area is 436 Å². The minimum absolute atomic E-state index is 0.159. The molecule has 0 aliphatic rings. The fraction of sp³-hybridized carbons (Fsp3) is 0. The Morgan fingerprint density at radius 2 is 0.880 bits per heavy atom. The summed E-state index contributed by atoms with van der Waals surface area (Å²) in [7, 11) is 0. The number of hydrogen-bond donors (Lipinski definition) is 4. The van der Waals surface area contributed by atoms with Crippen LogP contribution in [0.4, 0.5) is 17.2 Å². The summed E-state index contributed by atoms with van der Waals surface area (Å²) in [6.07, 6.45) is 0. The molecule has 75 heavy (non-hydrogen) atoms. The predicted octanol–water partition coefficient (Wildman–Crippen LogP) is 14.9. The van der Waals surface area contributed by atoms with Gasteiger partial charge >= 0.3 is 0 Å². The summed E-state index contributed by atoms with van der Waals surface area (Å²) in [6, 6.07) is 73.0. The average Bonchev–Trinajstić information content (AvgIpc) is 3.84. The van der Waals surface area contributed by atoms with E-state index in [2.05, 4.69) is 26.9 Å². The van der Waals surface area contributed by atoms with Crippen LogP contribution in [0, 0.1) is 11.3 Å². The largest absolute Gasteiger partial charge is 0.457 e. The number of H-pyrrole nitrogens is 1. The van der Waals surface area contributed by atoms with E-state index in [1.165, 1.54) is 0 Å². The van der Waals surface area contributed by atoms with E-state index in [-0.39, 0.29) is 11.8 Å². The van der Waals surface area contributed by atoms with Gasteiger partial charge in [0.15, 0.2) is 5.82 Å². The number of nitrogens with two attached hydrogens (primary N) is 1. The number of carbonyl (C=O) groups is 2. The lowest BCUT2D eigenvalue weighted by Gasteiger charge is -2.11. The van der Waals surface area contributed by atoms with E-state index in [0.29, 0.717) is 56.0 Å². The zero-order chi connectivity index (χ0) is 51.5. The predicted molar refractivity (Wildman–Crippen MR) is 296 cm³/mol.